The Morgan fingerprint density at radius 3 is 2.55 bits per heavy atom. The van der Waals surface area contributed by atoms with Crippen molar-refractivity contribution in [2.75, 3.05) is 6.54 Å². The van der Waals surface area contributed by atoms with Crippen LogP contribution in [-0.4, -0.2) is 37.7 Å². The highest BCUT2D eigenvalue weighted by Crippen LogP contribution is 2.35. The summed E-state index contributed by atoms with van der Waals surface area (Å²) in [5.41, 5.74) is -0.508. The minimum atomic E-state index is -4.54. The summed E-state index contributed by atoms with van der Waals surface area (Å²) in [4.78, 5) is 26.7. The van der Waals surface area contributed by atoms with Crippen molar-refractivity contribution in [1.29, 1.82) is 0 Å². The average molecular weight is 430 g/mol. The molecule has 0 spiro atoms. The maximum Gasteiger partial charge on any atom is 0.420 e. The van der Waals surface area contributed by atoms with Crippen LogP contribution in [0.1, 0.15) is 59.9 Å². The maximum atomic E-state index is 13.3. The number of benzene rings is 1. The van der Waals surface area contributed by atoms with Gasteiger partial charge in [0.25, 0.3) is 0 Å². The Morgan fingerprint density at radius 2 is 1.81 bits per heavy atom. The summed E-state index contributed by atoms with van der Waals surface area (Å²) in [5.74, 6) is 0.175. The Labute approximate surface area is 176 Å². The number of carbonyl (C=O) groups excluding carboxylic acids is 2. The van der Waals surface area contributed by atoms with Crippen molar-refractivity contribution in [3.05, 3.63) is 65.6 Å². The number of ketones is 1. The number of aromatic nitrogens is 3. The molecule has 6 nitrogen and oxygen atoms in total. The number of nitrogens with zero attached hydrogens (tertiary/aromatic N) is 4. The molecule has 0 bridgehead atoms. The first-order chi connectivity index (χ1) is 14.9. The number of halogens is 3. The quantitative estimate of drug-likeness (QED) is 0.542. The molecule has 0 N–H and O–H groups in total. The molecule has 1 aliphatic heterocycles. The van der Waals surface area contributed by atoms with Crippen molar-refractivity contribution in [3.8, 4) is 0 Å². The molecule has 0 radical (unpaired) electrons. The van der Waals surface area contributed by atoms with Crippen LogP contribution in [0.4, 0.5) is 13.2 Å². The molecule has 3 heterocycles. The van der Waals surface area contributed by atoms with Gasteiger partial charge in [0.05, 0.1) is 6.04 Å². The number of carbonyl (C=O) groups is 2. The molecule has 0 aliphatic carbocycles. The Bertz CT molecular complexity index is 1100. The molecule has 2 aromatic heterocycles. The summed E-state index contributed by atoms with van der Waals surface area (Å²) in [6.07, 6.45) is -0.854. The van der Waals surface area contributed by atoms with Crippen molar-refractivity contribution in [1.82, 2.24) is 19.5 Å². The normalized spacial score (nSPS) is 16.7. The molecule has 0 saturated carbocycles. The fourth-order valence-electron chi connectivity index (χ4n) is 4.03. The van der Waals surface area contributed by atoms with Crippen LogP contribution in [-0.2, 0) is 11.0 Å². The van der Waals surface area contributed by atoms with Gasteiger partial charge >= 0.3 is 6.18 Å². The van der Waals surface area contributed by atoms with Crippen molar-refractivity contribution in [2.45, 2.75) is 44.3 Å². The summed E-state index contributed by atoms with van der Waals surface area (Å²) >= 11 is 0. The summed E-state index contributed by atoms with van der Waals surface area (Å²) in [6, 6.07) is 10.7. The first-order valence-corrected chi connectivity index (χ1v) is 10.1. The lowest BCUT2D eigenvalue weighted by atomic mass is 10.1. The third-order valence-electron chi connectivity index (χ3n) is 5.53. The number of amides is 1. The van der Waals surface area contributed by atoms with E-state index in [2.05, 4.69) is 10.2 Å². The van der Waals surface area contributed by atoms with Crippen molar-refractivity contribution < 1.29 is 22.8 Å². The Hall–Kier alpha value is -3.23. The van der Waals surface area contributed by atoms with E-state index in [9.17, 15) is 22.8 Å². The maximum absolute atomic E-state index is 13.3. The van der Waals surface area contributed by atoms with Crippen LogP contribution in [0.3, 0.4) is 0 Å². The predicted molar refractivity (Wildman–Crippen MR) is 106 cm³/mol. The number of hydrogen-bond acceptors (Lipinski definition) is 4. The molecule has 1 amide bonds. The number of fused-ring (bicyclic) bond motifs is 1. The highest BCUT2D eigenvalue weighted by Gasteiger charge is 2.37. The summed E-state index contributed by atoms with van der Waals surface area (Å²) in [7, 11) is 0. The standard InChI is InChI=1S/C22H21F3N4O2/c23-22(24,25)16-9-5-14-29-20(16)26-27-21(29)17-10-6-13-28(17)19(31)12-4-11-18(30)15-7-2-1-3-8-15/h1-3,5,7-9,14,17H,4,6,10-13H2. The lowest BCUT2D eigenvalue weighted by Crippen LogP contribution is -2.31. The Balaban J connectivity index is 1.46. The van der Waals surface area contributed by atoms with Crippen LogP contribution < -0.4 is 0 Å². The fraction of sp³-hybridized carbons (Fsp3) is 0.364. The van der Waals surface area contributed by atoms with Gasteiger partial charge in [0.1, 0.15) is 5.56 Å². The Morgan fingerprint density at radius 1 is 1.03 bits per heavy atom. The zero-order valence-electron chi connectivity index (χ0n) is 16.7. The van der Waals surface area contributed by atoms with E-state index in [0.29, 0.717) is 30.8 Å². The number of rotatable bonds is 6. The molecular formula is C22H21F3N4O2. The van der Waals surface area contributed by atoms with Gasteiger partial charge in [-0.1, -0.05) is 30.3 Å². The number of pyridine rings is 1. The van der Waals surface area contributed by atoms with E-state index in [-0.39, 0.29) is 30.2 Å². The van der Waals surface area contributed by atoms with Crippen molar-refractivity contribution >= 4 is 17.3 Å². The Kier molecular flexibility index (Phi) is 5.75. The van der Waals surface area contributed by atoms with Gasteiger partial charge in [-0.3, -0.25) is 14.0 Å². The van der Waals surface area contributed by atoms with E-state index in [1.165, 1.54) is 16.7 Å². The smallest absolute Gasteiger partial charge is 0.332 e. The van der Waals surface area contributed by atoms with Gasteiger partial charge in [0.15, 0.2) is 17.3 Å². The van der Waals surface area contributed by atoms with Crippen LogP contribution in [0.5, 0.6) is 0 Å². The largest absolute Gasteiger partial charge is 0.420 e. The monoisotopic (exact) mass is 430 g/mol. The number of Topliss-reactive ketones (excluding diaryl/α,β-unsaturated/α-hetero) is 1. The lowest BCUT2D eigenvalue weighted by Gasteiger charge is -2.23. The van der Waals surface area contributed by atoms with Crippen molar-refractivity contribution in [2.24, 2.45) is 0 Å². The fourth-order valence-corrected chi connectivity index (χ4v) is 4.03. The molecule has 1 aliphatic rings. The summed E-state index contributed by atoms with van der Waals surface area (Å²) in [5, 5.41) is 7.75. The molecule has 162 valence electrons. The molecule has 1 saturated heterocycles. The van der Waals surface area contributed by atoms with Crippen LogP contribution in [0, 0.1) is 0 Å². The number of hydrogen-bond donors (Lipinski definition) is 0. The first-order valence-electron chi connectivity index (χ1n) is 10.1. The van der Waals surface area contributed by atoms with Crippen LogP contribution >= 0.6 is 0 Å². The molecule has 1 aromatic carbocycles. The molecule has 1 fully saturated rings. The molecule has 31 heavy (non-hydrogen) atoms. The van der Waals surface area contributed by atoms with Crippen molar-refractivity contribution in [3.63, 3.8) is 0 Å². The van der Waals surface area contributed by atoms with E-state index in [4.69, 9.17) is 0 Å². The van der Waals surface area contributed by atoms with Crippen LogP contribution in [0.2, 0.25) is 0 Å². The van der Waals surface area contributed by atoms with E-state index >= 15 is 0 Å². The van der Waals surface area contributed by atoms with Gasteiger partial charge in [-0.2, -0.15) is 13.2 Å². The zero-order chi connectivity index (χ0) is 22.0. The average Bonchev–Trinajstić information content (AvgIpc) is 3.40. The van der Waals surface area contributed by atoms with Gasteiger partial charge in [-0.15, -0.1) is 10.2 Å². The van der Waals surface area contributed by atoms with E-state index in [1.54, 1.807) is 29.2 Å². The highest BCUT2D eigenvalue weighted by molar-refractivity contribution is 5.96. The second kappa shape index (κ2) is 8.49. The minimum absolute atomic E-state index is 0.0190. The van der Waals surface area contributed by atoms with E-state index in [1.807, 2.05) is 6.07 Å². The van der Waals surface area contributed by atoms with E-state index < -0.39 is 17.8 Å². The molecule has 1 atom stereocenters. The lowest BCUT2D eigenvalue weighted by molar-refractivity contribution is -0.136. The van der Waals surface area contributed by atoms with E-state index in [0.717, 1.165) is 12.5 Å². The molecule has 9 heteroatoms. The second-order valence-electron chi connectivity index (χ2n) is 7.56. The first kappa shape index (κ1) is 21.0. The second-order valence-corrected chi connectivity index (χ2v) is 7.56. The molecular weight excluding hydrogens is 409 g/mol. The molecule has 3 aromatic rings. The van der Waals surface area contributed by atoms with Crippen LogP contribution in [0.15, 0.2) is 48.7 Å². The predicted octanol–water partition coefficient (Wildman–Crippen LogP) is 4.46. The summed E-state index contributed by atoms with van der Waals surface area (Å²) < 4.78 is 41.1. The number of alkyl halides is 3. The summed E-state index contributed by atoms with van der Waals surface area (Å²) in [6.45, 7) is 0.504. The minimum Gasteiger partial charge on any atom is -0.332 e. The van der Waals surface area contributed by atoms with Gasteiger partial charge < -0.3 is 4.90 Å². The number of likely N-dealkylation sites (tertiary alicyclic amines) is 1. The van der Waals surface area contributed by atoms with Gasteiger partial charge in [0, 0.05) is 31.1 Å². The van der Waals surface area contributed by atoms with Gasteiger partial charge in [-0.05, 0) is 31.4 Å². The third kappa shape index (κ3) is 4.30. The van der Waals surface area contributed by atoms with Gasteiger partial charge in [-0.25, -0.2) is 0 Å². The molecule has 4 rings (SSSR count). The highest BCUT2D eigenvalue weighted by atomic mass is 19.4. The van der Waals surface area contributed by atoms with Crippen LogP contribution in [0.25, 0.3) is 5.65 Å². The SMILES string of the molecule is O=C(CCCC(=O)N1CCCC1c1nnc2c(C(F)(F)F)cccn12)c1ccccc1. The molecule has 1 unspecified atom stereocenters. The van der Waals surface area contributed by atoms with Gasteiger partial charge in [0.2, 0.25) is 5.91 Å². The third-order valence-corrected chi connectivity index (χ3v) is 5.53. The zero-order valence-corrected chi connectivity index (χ0v) is 16.7. The topological polar surface area (TPSA) is 67.6 Å².